The Bertz CT molecular complexity index is 2510. The molecule has 7 rings (SSSR count). The summed E-state index contributed by atoms with van der Waals surface area (Å²) in [5.74, 6) is -6.81. The monoisotopic (exact) mass is 973 g/mol. The Kier molecular flexibility index (Phi) is 15.7. The summed E-state index contributed by atoms with van der Waals surface area (Å²) in [7, 11) is 0. The minimum absolute atomic E-state index is 0.0198. The molecule has 0 radical (unpaired) electrons. The van der Waals surface area contributed by atoms with Crippen molar-refractivity contribution in [3.05, 3.63) is 82.5 Å². The van der Waals surface area contributed by atoms with Gasteiger partial charge >= 0.3 is 11.9 Å². The third-order valence-corrected chi connectivity index (χ3v) is 11.0. The molecule has 4 heterocycles. The number of rotatable bonds is 15. The maximum absolute atomic E-state index is 13.1. The topological polar surface area (TPSA) is 401 Å². The van der Waals surface area contributed by atoms with Crippen LogP contribution in [0.15, 0.2) is 76.0 Å². The van der Waals surface area contributed by atoms with E-state index in [4.69, 9.17) is 42.3 Å². The Balaban J connectivity index is 1.25. The maximum Gasteiger partial charge on any atom is 0.330 e. The number of aromatic hydroxyl groups is 3. The second kappa shape index (κ2) is 21.5. The first-order valence-corrected chi connectivity index (χ1v) is 20.8. The van der Waals surface area contributed by atoms with Crippen LogP contribution in [-0.2, 0) is 42.8 Å². The second-order valence-electron chi connectivity index (χ2n) is 15.9. The van der Waals surface area contributed by atoms with Crippen molar-refractivity contribution in [1.82, 2.24) is 0 Å². The van der Waals surface area contributed by atoms with Gasteiger partial charge < -0.3 is 108 Å². The number of aliphatic hydroxyl groups excluding tert-OH is 8. The van der Waals surface area contributed by atoms with Crippen LogP contribution in [-0.4, -0.2) is 180 Å². The van der Waals surface area contributed by atoms with Gasteiger partial charge in [0.2, 0.25) is 12.6 Å². The molecule has 4 aliphatic heterocycles. The highest BCUT2D eigenvalue weighted by Gasteiger charge is 2.51. The Labute approximate surface area is 387 Å². The molecule has 11 N–H and O–H groups in total. The summed E-state index contributed by atoms with van der Waals surface area (Å²) in [6.07, 6.45) is -25.0. The lowest BCUT2D eigenvalue weighted by molar-refractivity contribution is -0.345. The molecule has 25 nitrogen and oxygen atoms in total. The summed E-state index contributed by atoms with van der Waals surface area (Å²) < 4.78 is 51.2. The first-order chi connectivity index (χ1) is 32.8. The van der Waals surface area contributed by atoms with E-state index in [1.807, 2.05) is 0 Å². The van der Waals surface area contributed by atoms with E-state index in [0.29, 0.717) is 5.56 Å². The molecule has 0 amide bonds. The highest BCUT2D eigenvalue weighted by Crippen LogP contribution is 2.44. The number of carboxylic acids is 1. The summed E-state index contributed by atoms with van der Waals surface area (Å²) in [5.41, 5.74) is -0.525. The zero-order chi connectivity index (χ0) is 49.8. The molecular formula is C44H45O25-. The molecule has 0 unspecified atom stereocenters. The fraction of sp³-hybridized carbons (Fsp3) is 0.409. The smallest absolute Gasteiger partial charge is 0.330 e. The van der Waals surface area contributed by atoms with Crippen LogP contribution in [0.25, 0.3) is 28.7 Å². The number of phenolic OH excluding ortho intramolecular Hbond substituents is 3. The molecule has 69 heavy (non-hydrogen) atoms. The standard InChI is InChI=1S/C44H46O25/c45-19-5-1-17(2-6-19)3-8-31(52)61-15-29-35(56)37(58)41(69-42-38(59)33(54)24(49)14-63-42)44(68-29)66-27-12-21-25(64-40(27)18-4-7-22(47)23(48)9-18)10-20(46)11-26(21)65-43-39(60)36(57)34(55)28(67-43)16-62-32(53)13-30(50)51/h1-12,24,28-29,33-39,41-45,47-49,54-60H,13-16H2,(H,50,51)/p-1/b8-3+/t24-,28-,29-,33+,34-,35-,36+,37+,38-,39-,41-,42+,43-,44-/m1/s1. The number of fused-ring (bicyclic) bond motifs is 1. The molecule has 5 aliphatic rings. The van der Waals surface area contributed by atoms with Gasteiger partial charge in [-0.15, -0.1) is 0 Å². The summed E-state index contributed by atoms with van der Waals surface area (Å²) in [6.45, 7) is -2.16. The summed E-state index contributed by atoms with van der Waals surface area (Å²) >= 11 is 0. The van der Waals surface area contributed by atoms with Crippen molar-refractivity contribution in [3.63, 3.8) is 0 Å². The van der Waals surface area contributed by atoms with E-state index in [0.717, 1.165) is 36.4 Å². The largest absolute Gasteiger partial charge is 0.550 e. The summed E-state index contributed by atoms with van der Waals surface area (Å²) in [4.78, 5) is 48.6. The minimum atomic E-state index is -2.06. The Morgan fingerprint density at radius 2 is 1.33 bits per heavy atom. The molecule has 0 saturated carbocycles. The third-order valence-electron chi connectivity index (χ3n) is 11.0. The number of carbonyl (C=O) groups excluding carboxylic acids is 3. The molecule has 25 heteroatoms. The number of ether oxygens (including phenoxy) is 8. The average molecular weight is 974 g/mol. The fourth-order valence-corrected chi connectivity index (χ4v) is 7.26. The molecule has 0 spiro atoms. The molecule has 3 saturated heterocycles. The highest BCUT2D eigenvalue weighted by atomic mass is 16.8. The maximum atomic E-state index is 13.1. The predicted octanol–water partition coefficient (Wildman–Crippen LogP) is -3.70. The molecule has 3 fully saturated rings. The summed E-state index contributed by atoms with van der Waals surface area (Å²) in [5, 5.41) is 127. The normalized spacial score (nSPS) is 30.4. The van der Waals surface area contributed by atoms with E-state index in [2.05, 4.69) is 0 Å². The van der Waals surface area contributed by atoms with E-state index in [1.165, 1.54) is 36.4 Å². The number of carbonyl (C=O) groups is 3. The van der Waals surface area contributed by atoms with Crippen LogP contribution in [0.1, 0.15) is 12.0 Å². The highest BCUT2D eigenvalue weighted by molar-refractivity contribution is 5.89. The zero-order valence-corrected chi connectivity index (χ0v) is 35.5. The van der Waals surface area contributed by atoms with Crippen molar-refractivity contribution in [2.24, 2.45) is 0 Å². The van der Waals surface area contributed by atoms with Gasteiger partial charge in [-0.3, -0.25) is 9.59 Å². The molecule has 1 aliphatic carbocycles. The van der Waals surface area contributed by atoms with Crippen LogP contribution in [0.4, 0.5) is 0 Å². The molecule has 0 bridgehead atoms. The van der Waals surface area contributed by atoms with Crippen LogP contribution >= 0.6 is 0 Å². The Morgan fingerprint density at radius 1 is 0.681 bits per heavy atom. The van der Waals surface area contributed by atoms with Gasteiger partial charge in [0.1, 0.15) is 91.5 Å². The molecule has 372 valence electrons. The Morgan fingerprint density at radius 3 is 2.03 bits per heavy atom. The number of phenols is 3. The van der Waals surface area contributed by atoms with Gasteiger partial charge in [-0.05, 0) is 48.0 Å². The molecule has 2 aromatic carbocycles. The van der Waals surface area contributed by atoms with Gasteiger partial charge in [-0.2, -0.15) is 0 Å². The average Bonchev–Trinajstić information content (AvgIpc) is 3.31. The number of hydrogen-bond donors (Lipinski definition) is 11. The van der Waals surface area contributed by atoms with E-state index in [9.17, 15) is 80.5 Å². The van der Waals surface area contributed by atoms with E-state index >= 15 is 0 Å². The van der Waals surface area contributed by atoms with Crippen LogP contribution in [0.2, 0.25) is 0 Å². The molecular weight excluding hydrogens is 928 g/mol. The van der Waals surface area contributed by atoms with E-state index in [-0.39, 0.29) is 28.4 Å². The predicted molar refractivity (Wildman–Crippen MR) is 220 cm³/mol. The van der Waals surface area contributed by atoms with Gasteiger partial charge in [-0.1, -0.05) is 12.1 Å². The van der Waals surface area contributed by atoms with Crippen molar-refractivity contribution < 1.29 is 118 Å². The lowest BCUT2D eigenvalue weighted by Crippen LogP contribution is -2.64. The van der Waals surface area contributed by atoms with Gasteiger partial charge in [0.05, 0.1) is 24.6 Å². The lowest BCUT2D eigenvalue weighted by atomic mass is 9.98. The fourth-order valence-electron chi connectivity index (χ4n) is 7.26. The van der Waals surface area contributed by atoms with Gasteiger partial charge in [0, 0.05) is 23.8 Å². The van der Waals surface area contributed by atoms with Gasteiger partial charge in [0.25, 0.3) is 0 Å². The first-order valence-electron chi connectivity index (χ1n) is 20.8. The lowest BCUT2D eigenvalue weighted by Gasteiger charge is -2.44. The number of carboxylic acid groups (broad SMARTS) is 1. The van der Waals surface area contributed by atoms with Crippen LogP contribution in [0.3, 0.4) is 0 Å². The SMILES string of the molecule is O=C([O-])CC(=O)OC[C@H]1O[C@@H](Oc2cc(=O)cc3oc(-c4ccc(O)c(O)c4)c(O[C@@H]4O[C@H](COC(=O)/C=C/c5ccc(O)cc5)[C@@H](O)[C@H](O)[C@H]4O[C@@H]4OC[C@@H](O)[C@H](O)[C@H]4O)cc2-3)[C@H](O)[C@@H](O)[C@@H]1O. The quantitative estimate of drug-likeness (QED) is 0.0236. The molecule has 14 atom stereocenters. The third kappa shape index (κ3) is 11.7. The van der Waals surface area contributed by atoms with Crippen molar-refractivity contribution >= 4 is 24.0 Å². The van der Waals surface area contributed by atoms with E-state index in [1.54, 1.807) is 0 Å². The van der Waals surface area contributed by atoms with Gasteiger partial charge in [0.15, 0.2) is 40.8 Å². The van der Waals surface area contributed by atoms with Crippen molar-refractivity contribution in [2.45, 2.75) is 92.4 Å². The second-order valence-corrected chi connectivity index (χ2v) is 15.9. The van der Waals surface area contributed by atoms with Crippen molar-refractivity contribution in [2.75, 3.05) is 19.8 Å². The Hall–Kier alpha value is -6.46. The number of hydrogen-bond acceptors (Lipinski definition) is 25. The zero-order valence-electron chi connectivity index (χ0n) is 35.5. The van der Waals surface area contributed by atoms with Crippen molar-refractivity contribution in [3.8, 4) is 51.4 Å². The van der Waals surface area contributed by atoms with Crippen LogP contribution in [0, 0.1) is 0 Å². The van der Waals surface area contributed by atoms with Crippen LogP contribution in [0.5, 0.6) is 28.7 Å². The minimum Gasteiger partial charge on any atom is -0.550 e. The number of aliphatic carboxylic acids is 1. The number of benzene rings is 3. The van der Waals surface area contributed by atoms with Crippen LogP contribution < -0.4 is 20.0 Å². The number of esters is 2. The number of aliphatic hydroxyl groups is 8. The van der Waals surface area contributed by atoms with Crippen molar-refractivity contribution in [1.29, 1.82) is 0 Å². The molecule has 2 aromatic rings. The molecule has 0 aromatic heterocycles. The van der Waals surface area contributed by atoms with Gasteiger partial charge in [-0.25, -0.2) is 4.79 Å². The summed E-state index contributed by atoms with van der Waals surface area (Å²) in [6, 6.07) is 12.1. The first kappa shape index (κ1) is 50.4. The van der Waals surface area contributed by atoms with E-state index < -0.39 is 159 Å².